The molecular formula is C12H17Cl2N3O3. The quantitative estimate of drug-likeness (QED) is 0.815. The van der Waals surface area contributed by atoms with Gasteiger partial charge in [0.1, 0.15) is 5.76 Å². The zero-order valence-electron chi connectivity index (χ0n) is 11.1. The summed E-state index contributed by atoms with van der Waals surface area (Å²) in [4.78, 5) is 15.0. The van der Waals surface area contributed by atoms with Crippen LogP contribution in [0.4, 0.5) is 10.6 Å². The van der Waals surface area contributed by atoms with Gasteiger partial charge in [-0.2, -0.15) is 0 Å². The van der Waals surface area contributed by atoms with Crippen LogP contribution in [0.25, 0.3) is 0 Å². The Labute approximate surface area is 127 Å². The molecule has 1 atom stereocenters. The Morgan fingerprint density at radius 3 is 2.85 bits per heavy atom. The lowest BCUT2D eigenvalue weighted by Gasteiger charge is -2.16. The van der Waals surface area contributed by atoms with Crippen molar-refractivity contribution in [2.24, 2.45) is 0 Å². The first-order chi connectivity index (χ1) is 9.62. The monoisotopic (exact) mass is 321 g/mol. The number of alkyl halides is 2. The molecule has 1 N–H and O–H groups in total. The zero-order valence-corrected chi connectivity index (χ0v) is 12.6. The minimum atomic E-state index is -0.919. The van der Waals surface area contributed by atoms with Gasteiger partial charge in [-0.05, 0) is 6.42 Å². The molecule has 1 aromatic heterocycles. The SMILES string of the molecule is CCCN1CC(O)N(c2cc(C(CCl)CCl)on2)C1=O. The van der Waals surface area contributed by atoms with E-state index in [1.54, 1.807) is 11.0 Å². The van der Waals surface area contributed by atoms with Crippen molar-refractivity contribution in [3.63, 3.8) is 0 Å². The largest absolute Gasteiger partial charge is 0.371 e. The second kappa shape index (κ2) is 6.65. The van der Waals surface area contributed by atoms with E-state index in [0.717, 1.165) is 6.42 Å². The minimum absolute atomic E-state index is 0.166. The fourth-order valence-electron chi connectivity index (χ4n) is 2.12. The van der Waals surface area contributed by atoms with Gasteiger partial charge in [0, 0.05) is 30.3 Å². The van der Waals surface area contributed by atoms with Crippen LogP contribution < -0.4 is 4.90 Å². The topological polar surface area (TPSA) is 69.8 Å². The Morgan fingerprint density at radius 1 is 1.55 bits per heavy atom. The average molecular weight is 322 g/mol. The maximum absolute atomic E-state index is 12.2. The van der Waals surface area contributed by atoms with Crippen LogP contribution in [0.2, 0.25) is 0 Å². The Balaban J connectivity index is 2.17. The molecule has 0 radical (unpaired) electrons. The lowest BCUT2D eigenvalue weighted by molar-refractivity contribution is 0.176. The molecule has 1 aromatic rings. The number of rotatable bonds is 6. The van der Waals surface area contributed by atoms with E-state index >= 15 is 0 Å². The number of carbonyl (C=O) groups is 1. The van der Waals surface area contributed by atoms with E-state index in [-0.39, 0.29) is 24.3 Å². The predicted molar refractivity (Wildman–Crippen MR) is 76.4 cm³/mol. The first-order valence-electron chi connectivity index (χ1n) is 6.47. The third-order valence-electron chi connectivity index (χ3n) is 3.19. The van der Waals surface area contributed by atoms with Crippen LogP contribution in [-0.2, 0) is 0 Å². The van der Waals surface area contributed by atoms with Gasteiger partial charge in [0.05, 0.1) is 6.54 Å². The molecule has 0 spiro atoms. The van der Waals surface area contributed by atoms with Crippen molar-refractivity contribution in [2.75, 3.05) is 29.7 Å². The summed E-state index contributed by atoms with van der Waals surface area (Å²) in [6.45, 7) is 2.84. The zero-order chi connectivity index (χ0) is 14.7. The van der Waals surface area contributed by atoms with Crippen molar-refractivity contribution >= 4 is 35.1 Å². The number of aliphatic hydroxyl groups excluding tert-OH is 1. The van der Waals surface area contributed by atoms with Crippen LogP contribution in [0.15, 0.2) is 10.6 Å². The van der Waals surface area contributed by atoms with Crippen LogP contribution in [-0.4, -0.2) is 52.3 Å². The maximum Gasteiger partial charge on any atom is 0.328 e. The Bertz CT molecular complexity index is 465. The van der Waals surface area contributed by atoms with Crippen LogP contribution in [0, 0.1) is 0 Å². The molecule has 2 amide bonds. The van der Waals surface area contributed by atoms with Crippen molar-refractivity contribution in [1.29, 1.82) is 0 Å². The molecule has 1 aliphatic rings. The summed E-state index contributed by atoms with van der Waals surface area (Å²) in [6.07, 6.45) is -0.0887. The van der Waals surface area contributed by atoms with E-state index < -0.39 is 6.23 Å². The number of aliphatic hydroxyl groups is 1. The molecule has 0 bridgehead atoms. The summed E-state index contributed by atoms with van der Waals surface area (Å²) >= 11 is 11.6. The highest BCUT2D eigenvalue weighted by Crippen LogP contribution is 2.27. The third-order valence-corrected chi connectivity index (χ3v) is 3.93. The molecule has 112 valence electrons. The molecular weight excluding hydrogens is 305 g/mol. The second-order valence-electron chi connectivity index (χ2n) is 4.67. The van der Waals surface area contributed by atoms with Crippen molar-refractivity contribution in [3.8, 4) is 0 Å². The van der Waals surface area contributed by atoms with Crippen molar-refractivity contribution < 1.29 is 14.4 Å². The fraction of sp³-hybridized carbons (Fsp3) is 0.667. The Kier molecular flexibility index (Phi) is 5.12. The normalized spacial score (nSPS) is 19.4. The molecule has 8 heteroatoms. The fourth-order valence-corrected chi connectivity index (χ4v) is 2.76. The number of carbonyl (C=O) groups excluding carboxylic acids is 1. The predicted octanol–water partition coefficient (Wildman–Crippen LogP) is 2.21. The molecule has 1 aliphatic heterocycles. The molecule has 1 fully saturated rings. The molecule has 2 heterocycles. The van der Waals surface area contributed by atoms with Crippen LogP contribution in [0.1, 0.15) is 25.0 Å². The molecule has 20 heavy (non-hydrogen) atoms. The highest BCUT2D eigenvalue weighted by atomic mass is 35.5. The number of anilines is 1. The van der Waals surface area contributed by atoms with E-state index in [2.05, 4.69) is 5.16 Å². The van der Waals surface area contributed by atoms with Crippen LogP contribution in [0.5, 0.6) is 0 Å². The highest BCUT2D eigenvalue weighted by Gasteiger charge is 2.38. The van der Waals surface area contributed by atoms with E-state index in [9.17, 15) is 9.90 Å². The first-order valence-corrected chi connectivity index (χ1v) is 7.54. The minimum Gasteiger partial charge on any atom is -0.371 e. The number of urea groups is 1. The molecule has 0 saturated carbocycles. The molecule has 1 saturated heterocycles. The van der Waals surface area contributed by atoms with Gasteiger partial charge in [-0.25, -0.2) is 9.69 Å². The Hall–Kier alpha value is -0.980. The van der Waals surface area contributed by atoms with E-state index in [0.29, 0.717) is 24.1 Å². The lowest BCUT2D eigenvalue weighted by Crippen LogP contribution is -2.35. The Morgan fingerprint density at radius 2 is 2.25 bits per heavy atom. The molecule has 2 rings (SSSR count). The number of hydrogen-bond acceptors (Lipinski definition) is 4. The molecule has 0 aromatic carbocycles. The summed E-state index contributed by atoms with van der Waals surface area (Å²) in [5.74, 6) is 1.24. The number of aromatic nitrogens is 1. The van der Waals surface area contributed by atoms with E-state index in [1.807, 2.05) is 6.92 Å². The number of amides is 2. The van der Waals surface area contributed by atoms with Crippen LogP contribution in [0.3, 0.4) is 0 Å². The summed E-state index contributed by atoms with van der Waals surface area (Å²) in [5, 5.41) is 13.8. The van der Waals surface area contributed by atoms with Gasteiger partial charge >= 0.3 is 6.03 Å². The first kappa shape index (κ1) is 15.4. The van der Waals surface area contributed by atoms with Gasteiger partial charge in [-0.3, -0.25) is 0 Å². The summed E-state index contributed by atoms with van der Waals surface area (Å²) in [5.41, 5.74) is 0. The summed E-state index contributed by atoms with van der Waals surface area (Å²) in [6, 6.07) is 1.33. The maximum atomic E-state index is 12.2. The van der Waals surface area contributed by atoms with Gasteiger partial charge in [-0.15, -0.1) is 23.2 Å². The van der Waals surface area contributed by atoms with Crippen molar-refractivity contribution in [1.82, 2.24) is 10.1 Å². The third kappa shape index (κ3) is 2.87. The van der Waals surface area contributed by atoms with Gasteiger partial charge in [-0.1, -0.05) is 12.1 Å². The standard InChI is InChI=1S/C12H17Cl2N3O3/c1-2-3-16-7-11(18)17(12(16)19)10-4-9(20-15-10)8(5-13)6-14/h4,8,11,18H,2-3,5-7H2,1H3. The number of halogens is 2. The lowest BCUT2D eigenvalue weighted by atomic mass is 10.1. The summed E-state index contributed by atoms with van der Waals surface area (Å²) in [7, 11) is 0. The number of β-amino-alcohol motifs (C(OH)–C–C–N with tert-alkyl or cyclic N) is 1. The average Bonchev–Trinajstić information content (AvgIpc) is 2.98. The van der Waals surface area contributed by atoms with Gasteiger partial charge in [0.25, 0.3) is 0 Å². The van der Waals surface area contributed by atoms with Crippen molar-refractivity contribution in [3.05, 3.63) is 11.8 Å². The highest BCUT2D eigenvalue weighted by molar-refractivity contribution is 6.21. The van der Waals surface area contributed by atoms with Gasteiger partial charge < -0.3 is 14.5 Å². The number of nitrogens with zero attached hydrogens (tertiary/aromatic N) is 3. The van der Waals surface area contributed by atoms with Gasteiger partial charge in [0.2, 0.25) is 0 Å². The summed E-state index contributed by atoms with van der Waals surface area (Å²) < 4.78 is 5.17. The second-order valence-corrected chi connectivity index (χ2v) is 5.29. The number of hydrogen-bond donors (Lipinski definition) is 1. The smallest absolute Gasteiger partial charge is 0.328 e. The molecule has 1 unspecified atom stereocenters. The van der Waals surface area contributed by atoms with Gasteiger partial charge in [0.15, 0.2) is 12.0 Å². The van der Waals surface area contributed by atoms with E-state index in [4.69, 9.17) is 27.7 Å². The van der Waals surface area contributed by atoms with Crippen LogP contribution >= 0.6 is 23.2 Å². The molecule has 0 aliphatic carbocycles. The molecule has 6 nitrogen and oxygen atoms in total. The van der Waals surface area contributed by atoms with E-state index in [1.165, 1.54) is 4.90 Å². The van der Waals surface area contributed by atoms with Crippen molar-refractivity contribution in [2.45, 2.75) is 25.5 Å².